The van der Waals surface area contributed by atoms with Crippen LogP contribution in [0.2, 0.25) is 0 Å². The molecule has 0 fully saturated rings. The fourth-order valence-corrected chi connectivity index (χ4v) is 3.62. The molecule has 144 valence electrons. The molecule has 5 nitrogen and oxygen atoms in total. The Morgan fingerprint density at radius 1 is 1.04 bits per heavy atom. The molecule has 0 N–H and O–H groups in total. The summed E-state index contributed by atoms with van der Waals surface area (Å²) in [7, 11) is 3.25. The largest absolute Gasteiger partial charge is 0.497 e. The van der Waals surface area contributed by atoms with Gasteiger partial charge >= 0.3 is 0 Å². The number of hydrogen-bond donors (Lipinski definition) is 0. The molecule has 0 aliphatic carbocycles. The number of rotatable bonds is 6. The Morgan fingerprint density at radius 3 is 2.15 bits per heavy atom. The van der Waals surface area contributed by atoms with Crippen LogP contribution in [-0.4, -0.2) is 44.0 Å². The van der Waals surface area contributed by atoms with Crippen molar-refractivity contribution in [2.75, 3.05) is 38.0 Å². The SMILES string of the molecule is Br.COc1ccc(C(=O)CN(C2=NCCCS2)c2ccc(OC)cc2)cc1. The maximum absolute atomic E-state index is 12.8. The van der Waals surface area contributed by atoms with E-state index in [1.54, 1.807) is 50.2 Å². The summed E-state index contributed by atoms with van der Waals surface area (Å²) in [6, 6.07) is 14.9. The minimum absolute atomic E-state index is 0. The van der Waals surface area contributed by atoms with Gasteiger partial charge in [0.1, 0.15) is 11.5 Å². The predicted octanol–water partition coefficient (Wildman–Crippen LogP) is 4.46. The molecule has 0 spiro atoms. The second kappa shape index (κ2) is 10.4. The van der Waals surface area contributed by atoms with Gasteiger partial charge < -0.3 is 14.4 Å². The highest BCUT2D eigenvalue weighted by molar-refractivity contribution is 8.93. The first-order chi connectivity index (χ1) is 12.7. The molecule has 3 rings (SSSR count). The minimum Gasteiger partial charge on any atom is -0.497 e. The highest BCUT2D eigenvalue weighted by Gasteiger charge is 2.20. The molecule has 0 amide bonds. The van der Waals surface area contributed by atoms with E-state index >= 15 is 0 Å². The number of ketones is 1. The van der Waals surface area contributed by atoms with Crippen molar-refractivity contribution in [1.82, 2.24) is 0 Å². The molecule has 0 bridgehead atoms. The van der Waals surface area contributed by atoms with E-state index in [0.717, 1.165) is 41.1 Å². The molecule has 0 aromatic heterocycles. The lowest BCUT2D eigenvalue weighted by molar-refractivity contribution is 0.100. The Bertz CT molecular complexity index is 779. The van der Waals surface area contributed by atoms with Crippen LogP contribution in [0.3, 0.4) is 0 Å². The Morgan fingerprint density at radius 2 is 1.63 bits per heavy atom. The molecule has 0 atom stereocenters. The van der Waals surface area contributed by atoms with Crippen molar-refractivity contribution >= 4 is 45.4 Å². The topological polar surface area (TPSA) is 51.1 Å². The fourth-order valence-electron chi connectivity index (χ4n) is 2.65. The van der Waals surface area contributed by atoms with E-state index in [9.17, 15) is 4.79 Å². The van der Waals surface area contributed by atoms with Gasteiger partial charge in [-0.2, -0.15) is 0 Å². The van der Waals surface area contributed by atoms with Gasteiger partial charge in [0, 0.05) is 23.5 Å². The molecule has 1 aliphatic heterocycles. The molecule has 27 heavy (non-hydrogen) atoms. The second-order valence-corrected chi connectivity index (χ2v) is 6.86. The highest BCUT2D eigenvalue weighted by atomic mass is 79.9. The van der Waals surface area contributed by atoms with Gasteiger partial charge in [0.25, 0.3) is 0 Å². The number of carbonyl (C=O) groups excluding carboxylic acids is 1. The van der Waals surface area contributed by atoms with Crippen molar-refractivity contribution in [3.8, 4) is 11.5 Å². The van der Waals surface area contributed by atoms with Crippen LogP contribution in [0.4, 0.5) is 5.69 Å². The molecular formula is C20H23BrN2O3S. The van der Waals surface area contributed by atoms with Crippen molar-refractivity contribution in [3.05, 3.63) is 54.1 Å². The Balaban J connectivity index is 0.00000261. The van der Waals surface area contributed by atoms with E-state index in [1.807, 2.05) is 29.2 Å². The van der Waals surface area contributed by atoms with Crippen LogP contribution in [0, 0.1) is 0 Å². The molecule has 0 saturated heterocycles. The van der Waals surface area contributed by atoms with Crippen LogP contribution in [0.5, 0.6) is 11.5 Å². The monoisotopic (exact) mass is 450 g/mol. The predicted molar refractivity (Wildman–Crippen MR) is 117 cm³/mol. The average Bonchev–Trinajstić information content (AvgIpc) is 2.72. The number of nitrogens with zero attached hydrogens (tertiary/aromatic N) is 2. The number of carbonyl (C=O) groups is 1. The summed E-state index contributed by atoms with van der Waals surface area (Å²) in [5, 5.41) is 0.892. The highest BCUT2D eigenvalue weighted by Crippen LogP contribution is 2.25. The Hall–Kier alpha value is -1.99. The van der Waals surface area contributed by atoms with Crippen LogP contribution < -0.4 is 14.4 Å². The third-order valence-corrected chi connectivity index (χ3v) is 5.21. The van der Waals surface area contributed by atoms with Crippen molar-refractivity contribution in [2.24, 2.45) is 4.99 Å². The third kappa shape index (κ3) is 5.49. The van der Waals surface area contributed by atoms with Crippen LogP contribution in [0.15, 0.2) is 53.5 Å². The van der Waals surface area contributed by atoms with Crippen molar-refractivity contribution in [2.45, 2.75) is 6.42 Å². The minimum atomic E-state index is 0. The molecule has 2 aromatic rings. The summed E-state index contributed by atoms with van der Waals surface area (Å²) < 4.78 is 10.4. The first-order valence-electron chi connectivity index (χ1n) is 8.47. The molecule has 2 aromatic carbocycles. The number of anilines is 1. The van der Waals surface area contributed by atoms with Gasteiger partial charge in [-0.05, 0) is 55.0 Å². The molecule has 0 saturated carbocycles. The fraction of sp³-hybridized carbons (Fsp3) is 0.300. The number of methoxy groups -OCH3 is 2. The number of thioether (sulfide) groups is 1. The zero-order valence-corrected chi connectivity index (χ0v) is 17.9. The number of hydrogen-bond acceptors (Lipinski definition) is 6. The standard InChI is InChI=1S/C20H22N2O3S.BrH/c1-24-17-8-4-15(5-9-17)19(23)14-22(20-21-12-3-13-26-20)16-6-10-18(25-2)11-7-16;/h4-11H,3,12-14H2,1-2H3;1H. The number of ether oxygens (including phenoxy) is 2. The normalized spacial score (nSPS) is 13.2. The first-order valence-corrected chi connectivity index (χ1v) is 9.46. The van der Waals surface area contributed by atoms with Gasteiger partial charge in [-0.15, -0.1) is 17.0 Å². The number of aliphatic imine (C=N–C) groups is 1. The Kier molecular flexibility index (Phi) is 8.19. The summed E-state index contributed by atoms with van der Waals surface area (Å²) in [4.78, 5) is 19.4. The summed E-state index contributed by atoms with van der Waals surface area (Å²) >= 11 is 1.69. The molecule has 1 aliphatic rings. The van der Waals surface area contributed by atoms with Crippen LogP contribution in [0.25, 0.3) is 0 Å². The van der Waals surface area contributed by atoms with E-state index in [2.05, 4.69) is 4.99 Å². The third-order valence-electron chi connectivity index (χ3n) is 4.11. The van der Waals surface area contributed by atoms with Gasteiger partial charge in [0.2, 0.25) is 0 Å². The summed E-state index contributed by atoms with van der Waals surface area (Å²) in [6.45, 7) is 1.04. The number of benzene rings is 2. The van der Waals surface area contributed by atoms with Crippen molar-refractivity contribution in [1.29, 1.82) is 0 Å². The number of Topliss-reactive ketones (excluding diaryl/α,β-unsaturated/α-hetero) is 1. The lowest BCUT2D eigenvalue weighted by Crippen LogP contribution is -2.35. The lowest BCUT2D eigenvalue weighted by atomic mass is 10.1. The second-order valence-electron chi connectivity index (χ2n) is 5.80. The van der Waals surface area contributed by atoms with Crippen LogP contribution in [0.1, 0.15) is 16.8 Å². The zero-order chi connectivity index (χ0) is 18.4. The molecule has 1 heterocycles. The quantitative estimate of drug-likeness (QED) is 0.607. The maximum atomic E-state index is 12.8. The van der Waals surface area contributed by atoms with E-state index in [-0.39, 0.29) is 29.3 Å². The van der Waals surface area contributed by atoms with E-state index in [0.29, 0.717) is 5.56 Å². The first kappa shape index (κ1) is 21.3. The summed E-state index contributed by atoms with van der Waals surface area (Å²) in [6.07, 6.45) is 1.07. The van der Waals surface area contributed by atoms with Gasteiger partial charge in [-0.1, -0.05) is 11.8 Å². The number of amidine groups is 1. The average molecular weight is 451 g/mol. The number of halogens is 1. The van der Waals surface area contributed by atoms with Gasteiger partial charge in [-0.3, -0.25) is 9.79 Å². The molecule has 7 heteroatoms. The molecule has 0 radical (unpaired) electrons. The molecular weight excluding hydrogens is 428 g/mol. The van der Waals surface area contributed by atoms with Crippen molar-refractivity contribution < 1.29 is 14.3 Å². The smallest absolute Gasteiger partial charge is 0.182 e. The maximum Gasteiger partial charge on any atom is 0.182 e. The van der Waals surface area contributed by atoms with E-state index in [4.69, 9.17) is 9.47 Å². The van der Waals surface area contributed by atoms with Gasteiger partial charge in [-0.25, -0.2) is 0 Å². The lowest BCUT2D eigenvalue weighted by Gasteiger charge is -2.27. The molecule has 0 unspecified atom stereocenters. The van der Waals surface area contributed by atoms with Crippen molar-refractivity contribution in [3.63, 3.8) is 0 Å². The van der Waals surface area contributed by atoms with E-state index < -0.39 is 0 Å². The Labute approximate surface area is 174 Å². The van der Waals surface area contributed by atoms with Gasteiger partial charge in [0.15, 0.2) is 11.0 Å². The summed E-state index contributed by atoms with van der Waals surface area (Å²) in [5.41, 5.74) is 1.59. The summed E-state index contributed by atoms with van der Waals surface area (Å²) in [5.74, 6) is 2.58. The van der Waals surface area contributed by atoms with Crippen LogP contribution >= 0.6 is 28.7 Å². The van der Waals surface area contributed by atoms with Gasteiger partial charge in [0.05, 0.1) is 20.8 Å². The van der Waals surface area contributed by atoms with E-state index in [1.165, 1.54) is 0 Å². The van der Waals surface area contributed by atoms with Crippen LogP contribution in [-0.2, 0) is 0 Å². The zero-order valence-electron chi connectivity index (χ0n) is 15.4.